The highest BCUT2D eigenvalue weighted by molar-refractivity contribution is 5.94. The first-order valence-corrected chi connectivity index (χ1v) is 6.36. The molecule has 1 N–H and O–H groups in total. The highest BCUT2D eigenvalue weighted by atomic mass is 19.4. The molecule has 0 saturated carbocycles. The summed E-state index contributed by atoms with van der Waals surface area (Å²) in [6, 6.07) is 4.71. The van der Waals surface area contributed by atoms with Crippen LogP contribution < -0.4 is 10.9 Å². The number of carbonyl (C=O) groups is 1. The van der Waals surface area contributed by atoms with E-state index in [1.807, 2.05) is 0 Å². The Morgan fingerprint density at radius 2 is 1.95 bits per heavy atom. The molecular weight excluding hydrogens is 301 g/mol. The van der Waals surface area contributed by atoms with Crippen molar-refractivity contribution in [3.05, 3.63) is 52.0 Å². The van der Waals surface area contributed by atoms with Crippen LogP contribution in [0.25, 0.3) is 0 Å². The molecule has 0 aliphatic heterocycles. The van der Waals surface area contributed by atoms with Gasteiger partial charge in [0.2, 0.25) is 0 Å². The van der Waals surface area contributed by atoms with Gasteiger partial charge in [0.1, 0.15) is 11.8 Å². The third kappa shape index (κ3) is 3.21. The molecule has 0 saturated heterocycles. The first-order valence-electron chi connectivity index (χ1n) is 6.36. The van der Waals surface area contributed by atoms with Crippen LogP contribution in [-0.4, -0.2) is 10.6 Å². The quantitative estimate of drug-likeness (QED) is 0.947. The molecule has 22 heavy (non-hydrogen) atoms. The number of nitrogens with zero attached hydrogens (tertiary/aromatic N) is 1. The SMILES string of the molecule is Cc1cc(=O)n([C@H](C)C(=O)Nc2ccccc2C(F)(F)F)o1. The van der Waals surface area contributed by atoms with Crippen LogP contribution in [0, 0.1) is 6.92 Å². The molecule has 1 atom stereocenters. The summed E-state index contributed by atoms with van der Waals surface area (Å²) in [6.45, 7) is 2.89. The van der Waals surface area contributed by atoms with E-state index < -0.39 is 29.2 Å². The number of hydrogen-bond donors (Lipinski definition) is 1. The Balaban J connectivity index is 2.26. The molecule has 0 aliphatic rings. The van der Waals surface area contributed by atoms with E-state index in [-0.39, 0.29) is 5.69 Å². The zero-order chi connectivity index (χ0) is 16.5. The molecule has 0 spiro atoms. The minimum Gasteiger partial charge on any atom is -0.380 e. The highest BCUT2D eigenvalue weighted by Gasteiger charge is 2.34. The summed E-state index contributed by atoms with van der Waals surface area (Å²) in [4.78, 5) is 23.6. The fraction of sp³-hybridized carbons (Fsp3) is 0.286. The second kappa shape index (κ2) is 5.70. The summed E-state index contributed by atoms with van der Waals surface area (Å²) in [7, 11) is 0. The van der Waals surface area contributed by atoms with E-state index in [9.17, 15) is 22.8 Å². The maximum atomic E-state index is 12.9. The summed E-state index contributed by atoms with van der Waals surface area (Å²) in [5.41, 5.74) is -1.87. The van der Waals surface area contributed by atoms with E-state index in [4.69, 9.17) is 4.52 Å². The smallest absolute Gasteiger partial charge is 0.380 e. The van der Waals surface area contributed by atoms with Gasteiger partial charge in [-0.25, -0.2) is 0 Å². The lowest BCUT2D eigenvalue weighted by molar-refractivity contribution is -0.137. The van der Waals surface area contributed by atoms with Crippen molar-refractivity contribution in [2.45, 2.75) is 26.1 Å². The number of anilines is 1. The second-order valence-electron chi connectivity index (χ2n) is 4.72. The molecule has 0 fully saturated rings. The molecule has 0 unspecified atom stereocenters. The van der Waals surface area contributed by atoms with Crippen LogP contribution in [-0.2, 0) is 11.0 Å². The van der Waals surface area contributed by atoms with Gasteiger partial charge >= 0.3 is 6.18 Å². The number of alkyl halides is 3. The van der Waals surface area contributed by atoms with Gasteiger partial charge < -0.3 is 9.84 Å². The molecular formula is C14H13F3N2O3. The van der Waals surface area contributed by atoms with Crippen LogP contribution >= 0.6 is 0 Å². The third-order valence-corrected chi connectivity index (χ3v) is 3.01. The Labute approximate surface area is 123 Å². The molecule has 1 amide bonds. The fourth-order valence-electron chi connectivity index (χ4n) is 1.92. The average Bonchev–Trinajstić information content (AvgIpc) is 2.76. The number of amides is 1. The standard InChI is InChI=1S/C14H13F3N2O3/c1-8-7-12(20)19(22-8)9(2)13(21)18-11-6-4-3-5-10(11)14(15,16)17/h3-7,9H,1-2H3,(H,18,21)/t9-/m1/s1. The van der Waals surface area contributed by atoms with E-state index in [1.54, 1.807) is 0 Å². The van der Waals surface area contributed by atoms with E-state index in [0.29, 0.717) is 5.76 Å². The number of benzene rings is 1. The van der Waals surface area contributed by atoms with Crippen LogP contribution in [0.1, 0.15) is 24.3 Å². The summed E-state index contributed by atoms with van der Waals surface area (Å²) in [5, 5.41) is 2.17. The van der Waals surface area contributed by atoms with Crippen molar-refractivity contribution in [2.24, 2.45) is 0 Å². The zero-order valence-electron chi connectivity index (χ0n) is 11.8. The summed E-state index contributed by atoms with van der Waals surface area (Å²) < 4.78 is 44.5. The second-order valence-corrected chi connectivity index (χ2v) is 4.72. The minimum absolute atomic E-state index is 0.306. The van der Waals surface area contributed by atoms with E-state index in [0.717, 1.165) is 16.9 Å². The minimum atomic E-state index is -4.59. The van der Waals surface area contributed by atoms with Crippen LogP contribution in [0.5, 0.6) is 0 Å². The number of halogens is 3. The van der Waals surface area contributed by atoms with E-state index >= 15 is 0 Å². The largest absolute Gasteiger partial charge is 0.418 e. The monoisotopic (exact) mass is 314 g/mol. The number of carbonyl (C=O) groups excluding carboxylic acids is 1. The average molecular weight is 314 g/mol. The van der Waals surface area contributed by atoms with Crippen molar-refractivity contribution >= 4 is 11.6 Å². The number of rotatable bonds is 3. The first kappa shape index (κ1) is 15.9. The molecule has 1 heterocycles. The summed E-state index contributed by atoms with van der Waals surface area (Å²) in [5.74, 6) is -0.478. The molecule has 1 aromatic heterocycles. The summed E-state index contributed by atoms with van der Waals surface area (Å²) >= 11 is 0. The van der Waals surface area contributed by atoms with Crippen LogP contribution in [0.2, 0.25) is 0 Å². The lowest BCUT2D eigenvalue weighted by Gasteiger charge is -2.16. The molecule has 0 radical (unpaired) electrons. The van der Waals surface area contributed by atoms with Crippen molar-refractivity contribution in [2.75, 3.05) is 5.32 Å². The van der Waals surface area contributed by atoms with Gasteiger partial charge in [0.05, 0.1) is 11.3 Å². The van der Waals surface area contributed by atoms with Crippen molar-refractivity contribution in [1.29, 1.82) is 0 Å². The van der Waals surface area contributed by atoms with Crippen molar-refractivity contribution < 1.29 is 22.5 Å². The first-order chi connectivity index (χ1) is 10.2. The molecule has 8 heteroatoms. The van der Waals surface area contributed by atoms with Crippen molar-refractivity contribution in [3.63, 3.8) is 0 Å². The van der Waals surface area contributed by atoms with Crippen LogP contribution in [0.3, 0.4) is 0 Å². The Morgan fingerprint density at radius 3 is 2.50 bits per heavy atom. The fourth-order valence-corrected chi connectivity index (χ4v) is 1.92. The van der Waals surface area contributed by atoms with Crippen LogP contribution in [0.15, 0.2) is 39.6 Å². The molecule has 0 aliphatic carbocycles. The number of aryl methyl sites for hydroxylation is 1. The number of para-hydroxylation sites is 1. The molecule has 118 valence electrons. The number of nitrogens with one attached hydrogen (secondary N) is 1. The predicted molar refractivity (Wildman–Crippen MR) is 72.5 cm³/mol. The zero-order valence-corrected chi connectivity index (χ0v) is 11.8. The summed E-state index contributed by atoms with van der Waals surface area (Å²) in [6.07, 6.45) is -4.59. The maximum absolute atomic E-state index is 12.9. The number of hydrogen-bond acceptors (Lipinski definition) is 3. The van der Waals surface area contributed by atoms with E-state index in [1.165, 1.54) is 32.0 Å². The number of aromatic nitrogens is 1. The predicted octanol–water partition coefficient (Wildman–Crippen LogP) is 2.97. The van der Waals surface area contributed by atoms with Crippen LogP contribution in [0.4, 0.5) is 18.9 Å². The normalized spacial score (nSPS) is 13.0. The van der Waals surface area contributed by atoms with Gasteiger partial charge in [0, 0.05) is 6.07 Å². The Kier molecular flexibility index (Phi) is 4.11. The van der Waals surface area contributed by atoms with Gasteiger partial charge in [-0.1, -0.05) is 12.1 Å². The molecule has 2 rings (SSSR count). The van der Waals surface area contributed by atoms with Gasteiger partial charge in [-0.15, -0.1) is 0 Å². The van der Waals surface area contributed by atoms with Gasteiger partial charge in [0.15, 0.2) is 0 Å². The van der Waals surface area contributed by atoms with Crippen molar-refractivity contribution in [3.8, 4) is 0 Å². The molecule has 0 bridgehead atoms. The molecule has 5 nitrogen and oxygen atoms in total. The Hall–Kier alpha value is -2.51. The Morgan fingerprint density at radius 1 is 1.32 bits per heavy atom. The third-order valence-electron chi connectivity index (χ3n) is 3.01. The highest BCUT2D eigenvalue weighted by Crippen LogP contribution is 2.34. The van der Waals surface area contributed by atoms with Gasteiger partial charge in [-0.05, 0) is 26.0 Å². The lowest BCUT2D eigenvalue weighted by Crippen LogP contribution is -2.29. The van der Waals surface area contributed by atoms with Crippen molar-refractivity contribution in [1.82, 2.24) is 4.74 Å². The topological polar surface area (TPSA) is 64.2 Å². The lowest BCUT2D eigenvalue weighted by atomic mass is 10.1. The Bertz CT molecular complexity index is 746. The molecule has 2 aromatic rings. The van der Waals surface area contributed by atoms with Gasteiger partial charge in [-0.2, -0.15) is 17.9 Å². The molecule has 1 aromatic carbocycles. The maximum Gasteiger partial charge on any atom is 0.418 e. The van der Waals surface area contributed by atoms with Gasteiger partial charge in [0.25, 0.3) is 11.5 Å². The van der Waals surface area contributed by atoms with Gasteiger partial charge in [-0.3, -0.25) is 9.59 Å². The van der Waals surface area contributed by atoms with E-state index in [2.05, 4.69) is 5.32 Å².